The van der Waals surface area contributed by atoms with Crippen molar-refractivity contribution in [2.75, 3.05) is 6.61 Å². The zero-order chi connectivity index (χ0) is 13.7. The normalized spacial score (nSPS) is 21.8. The van der Waals surface area contributed by atoms with Gasteiger partial charge in [0.25, 0.3) is 0 Å². The van der Waals surface area contributed by atoms with Crippen LogP contribution in [0.15, 0.2) is 24.0 Å². The summed E-state index contributed by atoms with van der Waals surface area (Å²) in [6, 6.07) is 0. The van der Waals surface area contributed by atoms with Crippen LogP contribution in [0.3, 0.4) is 0 Å². The lowest BCUT2D eigenvalue weighted by molar-refractivity contribution is -0.148. The van der Waals surface area contributed by atoms with E-state index in [0.29, 0.717) is 25.2 Å². The van der Waals surface area contributed by atoms with Crippen molar-refractivity contribution in [1.82, 2.24) is 5.32 Å². The minimum atomic E-state index is -1.09. The van der Waals surface area contributed by atoms with Crippen LogP contribution >= 0.6 is 0 Å². The maximum Gasteiger partial charge on any atom is 0.329 e. The second kappa shape index (κ2) is 5.91. The molecule has 1 saturated carbocycles. The number of carboxylic acid groups (broad SMARTS) is 1. The number of ether oxygens (including phenoxy) is 1. The van der Waals surface area contributed by atoms with E-state index in [2.05, 4.69) is 5.32 Å². The third-order valence-corrected chi connectivity index (χ3v) is 3.61. The molecular formula is C14H19NO4. The smallest absolute Gasteiger partial charge is 0.329 e. The maximum absolute atomic E-state index is 11.8. The highest BCUT2D eigenvalue weighted by atomic mass is 16.5. The molecule has 104 valence electrons. The topological polar surface area (TPSA) is 75.6 Å². The van der Waals surface area contributed by atoms with E-state index >= 15 is 0 Å². The van der Waals surface area contributed by atoms with Crippen molar-refractivity contribution >= 4 is 11.9 Å². The summed E-state index contributed by atoms with van der Waals surface area (Å²) in [5.74, 6) is -0.644. The molecule has 0 unspecified atom stereocenters. The molecule has 0 bridgehead atoms. The molecule has 0 aromatic carbocycles. The highest BCUT2D eigenvalue weighted by molar-refractivity contribution is 5.93. The SMILES string of the molecule is O=C(/C=C/C1=CCCO1)NC1(C(=O)O)CCCCC1. The molecule has 1 amide bonds. The number of nitrogens with one attached hydrogen (secondary N) is 1. The van der Waals surface area contributed by atoms with E-state index in [1.807, 2.05) is 6.08 Å². The Bertz CT molecular complexity index is 419. The second-order valence-corrected chi connectivity index (χ2v) is 5.01. The molecule has 1 heterocycles. The summed E-state index contributed by atoms with van der Waals surface area (Å²) >= 11 is 0. The number of rotatable bonds is 4. The fourth-order valence-corrected chi connectivity index (χ4v) is 2.54. The van der Waals surface area contributed by atoms with E-state index in [-0.39, 0.29) is 5.91 Å². The van der Waals surface area contributed by atoms with Gasteiger partial charge in [-0.05, 0) is 25.0 Å². The molecule has 2 rings (SSSR count). The van der Waals surface area contributed by atoms with Crippen LogP contribution in [0.5, 0.6) is 0 Å². The van der Waals surface area contributed by atoms with Gasteiger partial charge < -0.3 is 15.2 Å². The molecule has 5 heteroatoms. The summed E-state index contributed by atoms with van der Waals surface area (Å²) in [4.78, 5) is 23.2. The minimum absolute atomic E-state index is 0.374. The summed E-state index contributed by atoms with van der Waals surface area (Å²) in [7, 11) is 0. The van der Waals surface area contributed by atoms with Crippen LogP contribution in [-0.4, -0.2) is 29.1 Å². The Hall–Kier alpha value is -1.78. The fraction of sp³-hybridized carbons (Fsp3) is 0.571. The Morgan fingerprint density at radius 1 is 1.32 bits per heavy atom. The van der Waals surface area contributed by atoms with E-state index in [4.69, 9.17) is 4.74 Å². The summed E-state index contributed by atoms with van der Waals surface area (Å²) in [5.41, 5.74) is -1.09. The first-order valence-corrected chi connectivity index (χ1v) is 6.69. The van der Waals surface area contributed by atoms with Crippen molar-refractivity contribution in [3.05, 3.63) is 24.0 Å². The van der Waals surface area contributed by atoms with E-state index in [0.717, 1.165) is 25.7 Å². The second-order valence-electron chi connectivity index (χ2n) is 5.01. The summed E-state index contributed by atoms with van der Waals surface area (Å²) in [5, 5.41) is 12.0. The lowest BCUT2D eigenvalue weighted by atomic mass is 9.81. The number of amides is 1. The van der Waals surface area contributed by atoms with E-state index in [9.17, 15) is 14.7 Å². The third-order valence-electron chi connectivity index (χ3n) is 3.61. The van der Waals surface area contributed by atoms with Gasteiger partial charge in [-0.2, -0.15) is 0 Å². The Morgan fingerprint density at radius 3 is 2.63 bits per heavy atom. The van der Waals surface area contributed by atoms with Crippen molar-refractivity contribution in [1.29, 1.82) is 0 Å². The third kappa shape index (κ3) is 3.36. The van der Waals surface area contributed by atoms with Gasteiger partial charge in [0.1, 0.15) is 11.3 Å². The zero-order valence-corrected chi connectivity index (χ0v) is 10.9. The van der Waals surface area contributed by atoms with Crippen molar-refractivity contribution in [2.45, 2.75) is 44.1 Å². The Morgan fingerprint density at radius 2 is 2.05 bits per heavy atom. The van der Waals surface area contributed by atoms with Gasteiger partial charge in [-0.1, -0.05) is 19.3 Å². The molecule has 1 aliphatic heterocycles. The van der Waals surface area contributed by atoms with Crippen LogP contribution in [0, 0.1) is 0 Å². The van der Waals surface area contributed by atoms with Crippen LogP contribution in [0.2, 0.25) is 0 Å². The average molecular weight is 265 g/mol. The van der Waals surface area contributed by atoms with Crippen LogP contribution in [0.1, 0.15) is 38.5 Å². The molecule has 0 aromatic rings. The number of carboxylic acids is 1. The summed E-state index contributed by atoms with van der Waals surface area (Å²) in [6.07, 6.45) is 9.38. The lowest BCUT2D eigenvalue weighted by Crippen LogP contribution is -2.55. The standard InChI is InChI=1S/C14H19NO4/c16-12(7-6-11-5-4-10-19-11)15-14(13(17)18)8-2-1-3-9-14/h5-7H,1-4,8-10H2,(H,15,16)(H,17,18)/b7-6+. The highest BCUT2D eigenvalue weighted by Gasteiger charge is 2.40. The van der Waals surface area contributed by atoms with Gasteiger partial charge in [-0.3, -0.25) is 4.79 Å². The Labute approximate surface area is 112 Å². The molecule has 0 saturated heterocycles. The fourth-order valence-electron chi connectivity index (χ4n) is 2.54. The number of aliphatic carboxylic acids is 1. The lowest BCUT2D eigenvalue weighted by Gasteiger charge is -2.33. The first-order chi connectivity index (χ1) is 9.12. The molecule has 0 atom stereocenters. The molecular weight excluding hydrogens is 246 g/mol. The van der Waals surface area contributed by atoms with Gasteiger partial charge in [0.05, 0.1) is 6.61 Å². The average Bonchev–Trinajstić information content (AvgIpc) is 2.90. The quantitative estimate of drug-likeness (QED) is 0.759. The number of hydrogen-bond acceptors (Lipinski definition) is 3. The monoisotopic (exact) mass is 265 g/mol. The van der Waals surface area contributed by atoms with Crippen molar-refractivity contribution in [3.63, 3.8) is 0 Å². The molecule has 2 N–H and O–H groups in total. The van der Waals surface area contributed by atoms with Crippen LogP contribution < -0.4 is 5.32 Å². The molecule has 0 radical (unpaired) electrons. The minimum Gasteiger partial charge on any atom is -0.494 e. The predicted molar refractivity (Wildman–Crippen MR) is 69.4 cm³/mol. The molecule has 1 fully saturated rings. The molecule has 2 aliphatic rings. The molecule has 1 aliphatic carbocycles. The van der Waals surface area contributed by atoms with Crippen LogP contribution in [0.25, 0.3) is 0 Å². The van der Waals surface area contributed by atoms with Gasteiger partial charge in [0.15, 0.2) is 0 Å². The molecule has 0 spiro atoms. The van der Waals surface area contributed by atoms with Crippen LogP contribution in [0.4, 0.5) is 0 Å². The molecule has 5 nitrogen and oxygen atoms in total. The van der Waals surface area contributed by atoms with E-state index in [1.165, 1.54) is 6.08 Å². The zero-order valence-electron chi connectivity index (χ0n) is 10.9. The first-order valence-electron chi connectivity index (χ1n) is 6.69. The Balaban J connectivity index is 1.97. The Kier molecular flexibility index (Phi) is 4.24. The maximum atomic E-state index is 11.8. The van der Waals surface area contributed by atoms with Crippen molar-refractivity contribution in [2.24, 2.45) is 0 Å². The molecule has 19 heavy (non-hydrogen) atoms. The predicted octanol–water partition coefficient (Wildman–Crippen LogP) is 1.75. The van der Waals surface area contributed by atoms with Gasteiger partial charge in [-0.25, -0.2) is 4.79 Å². The van der Waals surface area contributed by atoms with E-state index in [1.54, 1.807) is 6.08 Å². The first kappa shape index (κ1) is 13.6. The number of hydrogen-bond donors (Lipinski definition) is 2. The molecule has 0 aromatic heterocycles. The summed E-state index contributed by atoms with van der Waals surface area (Å²) < 4.78 is 5.24. The van der Waals surface area contributed by atoms with Crippen molar-refractivity contribution in [3.8, 4) is 0 Å². The van der Waals surface area contributed by atoms with E-state index < -0.39 is 11.5 Å². The summed E-state index contributed by atoms with van der Waals surface area (Å²) in [6.45, 7) is 0.639. The van der Waals surface area contributed by atoms with Gasteiger partial charge in [0, 0.05) is 12.5 Å². The number of carbonyl (C=O) groups is 2. The largest absolute Gasteiger partial charge is 0.494 e. The van der Waals surface area contributed by atoms with Crippen LogP contribution in [-0.2, 0) is 14.3 Å². The van der Waals surface area contributed by atoms with Crippen molar-refractivity contribution < 1.29 is 19.4 Å². The van der Waals surface area contributed by atoms with Gasteiger partial charge in [0.2, 0.25) is 5.91 Å². The highest BCUT2D eigenvalue weighted by Crippen LogP contribution is 2.28. The number of allylic oxidation sites excluding steroid dienone is 1. The van der Waals surface area contributed by atoms with Gasteiger partial charge >= 0.3 is 5.97 Å². The van der Waals surface area contributed by atoms with Gasteiger partial charge in [-0.15, -0.1) is 0 Å². The number of carbonyl (C=O) groups excluding carboxylic acids is 1.